The van der Waals surface area contributed by atoms with Crippen molar-refractivity contribution in [2.45, 2.75) is 45.1 Å². The molecule has 2 rings (SSSR count). The molecule has 1 fully saturated rings. The molecule has 3 heteroatoms. The second kappa shape index (κ2) is 4.73. The maximum absolute atomic E-state index is 12.4. The molecule has 1 saturated carbocycles. The minimum atomic E-state index is -1.15. The van der Waals surface area contributed by atoms with Gasteiger partial charge in [-0.3, -0.25) is 4.79 Å². The molecule has 1 aliphatic rings. The molecule has 1 aliphatic carbocycles. The van der Waals surface area contributed by atoms with Crippen molar-refractivity contribution in [1.29, 1.82) is 0 Å². The number of benzene rings is 1. The van der Waals surface area contributed by atoms with Crippen LogP contribution in [0.2, 0.25) is 0 Å². The SMILES string of the molecule is Cc1cc(C)cc(N(C)C(=O)C2(O)CCCC2)c1. The molecule has 1 aromatic carbocycles. The summed E-state index contributed by atoms with van der Waals surface area (Å²) in [5.41, 5.74) is 1.97. The van der Waals surface area contributed by atoms with Gasteiger partial charge in [-0.2, -0.15) is 0 Å². The van der Waals surface area contributed by atoms with Crippen LogP contribution in [0.4, 0.5) is 5.69 Å². The van der Waals surface area contributed by atoms with Gasteiger partial charge in [0.05, 0.1) is 0 Å². The molecule has 0 aromatic heterocycles. The molecule has 3 nitrogen and oxygen atoms in total. The summed E-state index contributed by atoms with van der Waals surface area (Å²) in [4.78, 5) is 14.0. The fourth-order valence-electron chi connectivity index (χ4n) is 2.75. The van der Waals surface area contributed by atoms with Gasteiger partial charge >= 0.3 is 0 Å². The molecule has 0 heterocycles. The number of hydrogen-bond donors (Lipinski definition) is 1. The summed E-state index contributed by atoms with van der Waals surface area (Å²) in [6.07, 6.45) is 3.04. The highest BCUT2D eigenvalue weighted by molar-refractivity contribution is 5.99. The van der Waals surface area contributed by atoms with Crippen molar-refractivity contribution < 1.29 is 9.90 Å². The van der Waals surface area contributed by atoms with Crippen LogP contribution in [0.5, 0.6) is 0 Å². The number of likely N-dealkylation sites (N-methyl/N-ethyl adjacent to an activating group) is 1. The summed E-state index contributed by atoms with van der Waals surface area (Å²) in [5.74, 6) is -0.176. The molecule has 98 valence electrons. The fourth-order valence-corrected chi connectivity index (χ4v) is 2.75. The first-order chi connectivity index (χ1) is 8.42. The van der Waals surface area contributed by atoms with E-state index >= 15 is 0 Å². The van der Waals surface area contributed by atoms with Gasteiger partial charge in [0.2, 0.25) is 0 Å². The van der Waals surface area contributed by atoms with E-state index in [-0.39, 0.29) is 5.91 Å². The van der Waals surface area contributed by atoms with E-state index in [1.807, 2.05) is 26.0 Å². The normalized spacial score (nSPS) is 17.8. The predicted molar refractivity (Wildman–Crippen MR) is 72.7 cm³/mol. The van der Waals surface area contributed by atoms with E-state index in [1.165, 1.54) is 0 Å². The van der Waals surface area contributed by atoms with Crippen molar-refractivity contribution in [1.82, 2.24) is 0 Å². The van der Waals surface area contributed by atoms with Crippen molar-refractivity contribution in [3.8, 4) is 0 Å². The molecule has 0 atom stereocenters. The molecule has 0 unspecified atom stereocenters. The van der Waals surface area contributed by atoms with Gasteiger partial charge in [0, 0.05) is 12.7 Å². The Morgan fingerprint density at radius 1 is 1.17 bits per heavy atom. The molecule has 0 radical (unpaired) electrons. The zero-order valence-electron chi connectivity index (χ0n) is 11.4. The summed E-state index contributed by atoms with van der Waals surface area (Å²) in [6.45, 7) is 4.03. The number of rotatable bonds is 2. The Labute approximate surface area is 108 Å². The quantitative estimate of drug-likeness (QED) is 0.872. The van der Waals surface area contributed by atoms with Gasteiger partial charge in [-0.1, -0.05) is 6.07 Å². The summed E-state index contributed by atoms with van der Waals surface area (Å²) in [6, 6.07) is 6.03. The van der Waals surface area contributed by atoms with Crippen LogP contribution in [0.15, 0.2) is 18.2 Å². The highest BCUT2D eigenvalue weighted by atomic mass is 16.3. The zero-order chi connectivity index (χ0) is 13.3. The van der Waals surface area contributed by atoms with E-state index in [2.05, 4.69) is 6.07 Å². The average molecular weight is 247 g/mol. The van der Waals surface area contributed by atoms with Crippen LogP contribution >= 0.6 is 0 Å². The lowest BCUT2D eigenvalue weighted by atomic mass is 10.00. The average Bonchev–Trinajstić information content (AvgIpc) is 2.74. The number of aryl methyl sites for hydroxylation is 2. The number of nitrogens with zero attached hydrogens (tertiary/aromatic N) is 1. The Balaban J connectivity index is 2.25. The lowest BCUT2D eigenvalue weighted by molar-refractivity contribution is -0.135. The topological polar surface area (TPSA) is 40.5 Å². The van der Waals surface area contributed by atoms with Crippen LogP contribution < -0.4 is 4.90 Å². The molecule has 1 aromatic rings. The van der Waals surface area contributed by atoms with Crippen LogP contribution in [0.3, 0.4) is 0 Å². The monoisotopic (exact) mass is 247 g/mol. The first-order valence-electron chi connectivity index (χ1n) is 6.51. The van der Waals surface area contributed by atoms with Gasteiger partial charge < -0.3 is 10.0 Å². The first kappa shape index (κ1) is 13.1. The van der Waals surface area contributed by atoms with Crippen LogP contribution in [-0.4, -0.2) is 23.7 Å². The zero-order valence-corrected chi connectivity index (χ0v) is 11.4. The molecule has 1 amide bonds. The highest BCUT2D eigenvalue weighted by Gasteiger charge is 2.40. The molecule has 1 N–H and O–H groups in total. The van der Waals surface area contributed by atoms with Crippen molar-refractivity contribution in [3.05, 3.63) is 29.3 Å². The number of carbonyl (C=O) groups excluding carboxylic acids is 1. The highest BCUT2D eigenvalue weighted by Crippen LogP contribution is 2.32. The summed E-state index contributed by atoms with van der Waals surface area (Å²) in [7, 11) is 1.74. The number of hydrogen-bond acceptors (Lipinski definition) is 2. The van der Waals surface area contributed by atoms with Gasteiger partial charge in [0.25, 0.3) is 5.91 Å². The van der Waals surface area contributed by atoms with Gasteiger partial charge in [0.1, 0.15) is 5.60 Å². The Hall–Kier alpha value is -1.35. The molecule has 0 spiro atoms. The molecule has 0 bridgehead atoms. The molecular formula is C15H21NO2. The van der Waals surface area contributed by atoms with Crippen LogP contribution in [-0.2, 0) is 4.79 Å². The third-order valence-electron chi connectivity index (χ3n) is 3.73. The maximum atomic E-state index is 12.4. The van der Waals surface area contributed by atoms with E-state index in [0.29, 0.717) is 12.8 Å². The summed E-state index contributed by atoms with van der Waals surface area (Å²) < 4.78 is 0. The van der Waals surface area contributed by atoms with E-state index < -0.39 is 5.60 Å². The number of anilines is 1. The van der Waals surface area contributed by atoms with Crippen LogP contribution in [0, 0.1) is 13.8 Å². The number of carbonyl (C=O) groups is 1. The van der Waals surface area contributed by atoms with E-state index in [9.17, 15) is 9.90 Å². The van der Waals surface area contributed by atoms with Crippen molar-refractivity contribution >= 4 is 11.6 Å². The molecular weight excluding hydrogens is 226 g/mol. The molecule has 18 heavy (non-hydrogen) atoms. The lowest BCUT2D eigenvalue weighted by Crippen LogP contribution is -2.45. The van der Waals surface area contributed by atoms with Gasteiger partial charge in [-0.05, 0) is 62.8 Å². The second-order valence-electron chi connectivity index (χ2n) is 5.45. The van der Waals surface area contributed by atoms with Crippen LogP contribution in [0.25, 0.3) is 0 Å². The summed E-state index contributed by atoms with van der Waals surface area (Å²) in [5, 5.41) is 10.3. The van der Waals surface area contributed by atoms with E-state index in [1.54, 1.807) is 11.9 Å². The van der Waals surface area contributed by atoms with Crippen molar-refractivity contribution in [2.75, 3.05) is 11.9 Å². The molecule has 0 saturated heterocycles. The van der Waals surface area contributed by atoms with E-state index in [4.69, 9.17) is 0 Å². The second-order valence-corrected chi connectivity index (χ2v) is 5.45. The van der Waals surface area contributed by atoms with Gasteiger partial charge in [-0.15, -0.1) is 0 Å². The Bertz CT molecular complexity index is 441. The largest absolute Gasteiger partial charge is 0.380 e. The fraction of sp³-hybridized carbons (Fsp3) is 0.533. The predicted octanol–water partition coefficient (Wildman–Crippen LogP) is 2.57. The lowest BCUT2D eigenvalue weighted by Gasteiger charge is -2.28. The number of amides is 1. The van der Waals surface area contributed by atoms with Crippen molar-refractivity contribution in [2.24, 2.45) is 0 Å². The smallest absolute Gasteiger partial charge is 0.258 e. The third kappa shape index (κ3) is 2.41. The van der Waals surface area contributed by atoms with Crippen molar-refractivity contribution in [3.63, 3.8) is 0 Å². The van der Waals surface area contributed by atoms with E-state index in [0.717, 1.165) is 29.7 Å². The van der Waals surface area contributed by atoms with Crippen LogP contribution in [0.1, 0.15) is 36.8 Å². The standard InChI is InChI=1S/C15H21NO2/c1-11-8-12(2)10-13(9-11)16(3)14(17)15(18)6-4-5-7-15/h8-10,18H,4-7H2,1-3H3. The Morgan fingerprint density at radius 3 is 2.17 bits per heavy atom. The first-order valence-corrected chi connectivity index (χ1v) is 6.51. The Morgan fingerprint density at radius 2 is 1.67 bits per heavy atom. The van der Waals surface area contributed by atoms with Gasteiger partial charge in [-0.25, -0.2) is 0 Å². The van der Waals surface area contributed by atoms with Gasteiger partial charge in [0.15, 0.2) is 0 Å². The minimum absolute atomic E-state index is 0.176. The maximum Gasteiger partial charge on any atom is 0.258 e. The minimum Gasteiger partial charge on any atom is -0.380 e. The Kier molecular flexibility index (Phi) is 3.44. The number of aliphatic hydroxyl groups is 1. The third-order valence-corrected chi connectivity index (χ3v) is 3.73. The summed E-state index contributed by atoms with van der Waals surface area (Å²) >= 11 is 0. The molecule has 0 aliphatic heterocycles.